The summed E-state index contributed by atoms with van der Waals surface area (Å²) in [5, 5.41) is 3.07. The first-order valence-corrected chi connectivity index (χ1v) is 11.4. The second kappa shape index (κ2) is 7.13. The van der Waals surface area contributed by atoms with E-state index in [1.807, 2.05) is 19.4 Å². The Morgan fingerprint density at radius 2 is 1.75 bits per heavy atom. The van der Waals surface area contributed by atoms with Crippen LogP contribution in [-0.2, 0) is 7.05 Å². The predicted molar refractivity (Wildman–Crippen MR) is 126 cm³/mol. The van der Waals surface area contributed by atoms with Crippen molar-refractivity contribution >= 4 is 32.8 Å². The maximum atomic E-state index is 13.9. The fraction of sp³-hybridized carbons (Fsp3) is 0.286. The number of nitrogens with zero attached hydrogens (tertiary/aromatic N) is 2. The molecule has 0 saturated heterocycles. The lowest BCUT2D eigenvalue weighted by Crippen LogP contribution is -2.32. The molecular weight excluding hydrogens is 399 g/mol. The van der Waals surface area contributed by atoms with Gasteiger partial charge in [0.15, 0.2) is 5.52 Å². The summed E-state index contributed by atoms with van der Waals surface area (Å²) in [6.07, 6.45) is 7.07. The lowest BCUT2D eigenvalue weighted by molar-refractivity contribution is -0.662. The highest BCUT2D eigenvalue weighted by Gasteiger charge is 2.25. The monoisotopic (exact) mass is 425 g/mol. The molecule has 3 nitrogen and oxygen atoms in total. The van der Waals surface area contributed by atoms with Gasteiger partial charge in [-0.15, -0.1) is 0 Å². The molecule has 0 spiro atoms. The molecule has 6 rings (SSSR count). The standard InChI is InChI=1S/C28H26FN2O/c1-16-12-23-21-11-9-20(29)14-25(21)32-28(23)26(17(16)2)27-22-10-8-19(18-6-4-5-7-18)13-24(22)30-15-31(27)3/h8-15,18H,4-7H2,1-3H3/q+1. The maximum absolute atomic E-state index is 13.9. The largest absolute Gasteiger partial charge is 0.455 e. The van der Waals surface area contributed by atoms with Gasteiger partial charge in [0.2, 0.25) is 0 Å². The summed E-state index contributed by atoms with van der Waals surface area (Å²) in [5.41, 5.74) is 8.28. The minimum atomic E-state index is -0.286. The Bertz CT molecular complexity index is 1530. The number of benzene rings is 3. The summed E-state index contributed by atoms with van der Waals surface area (Å²) in [7, 11) is 2.03. The van der Waals surface area contributed by atoms with E-state index in [9.17, 15) is 4.39 Å². The zero-order valence-electron chi connectivity index (χ0n) is 18.7. The first-order valence-electron chi connectivity index (χ1n) is 11.4. The summed E-state index contributed by atoms with van der Waals surface area (Å²) in [4.78, 5) is 4.77. The molecule has 0 bridgehead atoms. The van der Waals surface area contributed by atoms with Gasteiger partial charge in [0.05, 0.1) is 18.0 Å². The molecule has 0 unspecified atom stereocenters. The molecule has 1 aliphatic rings. The van der Waals surface area contributed by atoms with Gasteiger partial charge in [0.25, 0.3) is 6.33 Å². The van der Waals surface area contributed by atoms with Gasteiger partial charge in [-0.05, 0) is 84.6 Å². The molecule has 4 heteroatoms. The molecule has 1 fully saturated rings. The number of aryl methyl sites for hydroxylation is 2. The normalized spacial score (nSPS) is 14.9. The van der Waals surface area contributed by atoms with E-state index in [2.05, 4.69) is 42.7 Å². The van der Waals surface area contributed by atoms with Crippen LogP contribution in [-0.4, -0.2) is 4.98 Å². The Morgan fingerprint density at radius 1 is 0.969 bits per heavy atom. The van der Waals surface area contributed by atoms with Gasteiger partial charge in [0, 0.05) is 16.8 Å². The number of aromatic nitrogens is 2. The second-order valence-corrected chi connectivity index (χ2v) is 9.27. The van der Waals surface area contributed by atoms with E-state index in [-0.39, 0.29) is 5.82 Å². The van der Waals surface area contributed by atoms with Crippen molar-refractivity contribution in [1.29, 1.82) is 0 Å². The van der Waals surface area contributed by atoms with Crippen molar-refractivity contribution in [2.75, 3.05) is 0 Å². The predicted octanol–water partition coefficient (Wildman–Crippen LogP) is 7.04. The van der Waals surface area contributed by atoms with Crippen LogP contribution in [0.2, 0.25) is 0 Å². The van der Waals surface area contributed by atoms with E-state index < -0.39 is 0 Å². The molecule has 1 saturated carbocycles. The smallest absolute Gasteiger partial charge is 0.287 e. The molecule has 1 aliphatic carbocycles. The number of hydrogen-bond acceptors (Lipinski definition) is 2. The molecule has 0 aliphatic heterocycles. The maximum Gasteiger partial charge on any atom is 0.287 e. The fourth-order valence-electron chi connectivity index (χ4n) is 5.47. The van der Waals surface area contributed by atoms with Crippen LogP contribution in [0, 0.1) is 19.7 Å². The van der Waals surface area contributed by atoms with E-state index in [0.717, 1.165) is 38.5 Å². The molecule has 2 aromatic heterocycles. The van der Waals surface area contributed by atoms with Crippen LogP contribution in [0.15, 0.2) is 53.2 Å². The molecule has 0 atom stereocenters. The zero-order chi connectivity index (χ0) is 22.0. The van der Waals surface area contributed by atoms with E-state index in [4.69, 9.17) is 9.40 Å². The van der Waals surface area contributed by atoms with E-state index in [0.29, 0.717) is 11.5 Å². The average Bonchev–Trinajstić information content (AvgIpc) is 3.43. The van der Waals surface area contributed by atoms with Crippen LogP contribution in [0.25, 0.3) is 44.1 Å². The van der Waals surface area contributed by atoms with Gasteiger partial charge < -0.3 is 4.42 Å². The molecule has 0 N–H and O–H groups in total. The molecule has 160 valence electrons. The quantitative estimate of drug-likeness (QED) is 0.284. The number of furan rings is 1. The summed E-state index contributed by atoms with van der Waals surface area (Å²) >= 11 is 0. The Morgan fingerprint density at radius 3 is 2.56 bits per heavy atom. The molecule has 3 aromatic carbocycles. The number of halogens is 1. The van der Waals surface area contributed by atoms with Crippen LogP contribution >= 0.6 is 0 Å². The molecule has 0 amide bonds. The van der Waals surface area contributed by atoms with Gasteiger partial charge in [-0.1, -0.05) is 18.9 Å². The van der Waals surface area contributed by atoms with Crippen molar-refractivity contribution in [3.63, 3.8) is 0 Å². The summed E-state index contributed by atoms with van der Waals surface area (Å²) in [6.45, 7) is 4.26. The third kappa shape index (κ3) is 2.85. The average molecular weight is 426 g/mol. The van der Waals surface area contributed by atoms with E-state index in [1.54, 1.807) is 0 Å². The third-order valence-corrected chi connectivity index (χ3v) is 7.31. The van der Waals surface area contributed by atoms with Crippen LogP contribution < -0.4 is 4.57 Å². The third-order valence-electron chi connectivity index (χ3n) is 7.31. The van der Waals surface area contributed by atoms with Crippen LogP contribution in [0.4, 0.5) is 4.39 Å². The second-order valence-electron chi connectivity index (χ2n) is 9.27. The first-order chi connectivity index (χ1) is 15.5. The summed E-state index contributed by atoms with van der Waals surface area (Å²) in [6, 6.07) is 13.7. The number of fused-ring (bicyclic) bond motifs is 4. The van der Waals surface area contributed by atoms with Crippen molar-refractivity contribution in [2.24, 2.45) is 7.05 Å². The summed E-state index contributed by atoms with van der Waals surface area (Å²) in [5.74, 6) is 0.363. The van der Waals surface area contributed by atoms with Crippen LogP contribution in [0.5, 0.6) is 0 Å². The fourth-order valence-corrected chi connectivity index (χ4v) is 5.47. The highest BCUT2D eigenvalue weighted by Crippen LogP contribution is 2.41. The number of rotatable bonds is 2. The van der Waals surface area contributed by atoms with Crippen LogP contribution in [0.1, 0.15) is 48.3 Å². The Kier molecular flexibility index (Phi) is 4.32. The highest BCUT2D eigenvalue weighted by atomic mass is 19.1. The van der Waals surface area contributed by atoms with Crippen molar-refractivity contribution in [3.8, 4) is 11.3 Å². The lowest BCUT2D eigenvalue weighted by atomic mass is 9.92. The SMILES string of the molecule is Cc1cc2c(oc3cc(F)ccc32)c(-c2c3ccc(C4CCCC4)cc3nc[n+]2C)c1C. The summed E-state index contributed by atoms with van der Waals surface area (Å²) < 4.78 is 22.3. The Balaban J connectivity index is 1.67. The van der Waals surface area contributed by atoms with Crippen molar-refractivity contribution in [3.05, 3.63) is 71.3 Å². The first kappa shape index (κ1) is 19.4. The van der Waals surface area contributed by atoms with Gasteiger partial charge in [0.1, 0.15) is 22.7 Å². The van der Waals surface area contributed by atoms with Gasteiger partial charge in [-0.2, -0.15) is 0 Å². The lowest BCUT2D eigenvalue weighted by Gasteiger charge is -2.13. The molecule has 2 heterocycles. The Hall–Kier alpha value is -3.27. The minimum absolute atomic E-state index is 0.286. The highest BCUT2D eigenvalue weighted by molar-refractivity contribution is 6.12. The van der Waals surface area contributed by atoms with E-state index in [1.165, 1.54) is 54.5 Å². The Labute approximate surface area is 186 Å². The van der Waals surface area contributed by atoms with Gasteiger partial charge >= 0.3 is 0 Å². The minimum Gasteiger partial charge on any atom is -0.455 e. The molecule has 5 aromatic rings. The van der Waals surface area contributed by atoms with Crippen molar-refractivity contribution < 1.29 is 13.4 Å². The molecule has 0 radical (unpaired) electrons. The van der Waals surface area contributed by atoms with Crippen LogP contribution in [0.3, 0.4) is 0 Å². The van der Waals surface area contributed by atoms with E-state index >= 15 is 0 Å². The van der Waals surface area contributed by atoms with Gasteiger partial charge in [-0.3, -0.25) is 0 Å². The number of hydrogen-bond donors (Lipinski definition) is 0. The molecule has 32 heavy (non-hydrogen) atoms. The topological polar surface area (TPSA) is 29.9 Å². The zero-order valence-corrected chi connectivity index (χ0v) is 18.7. The molecular formula is C28H26FN2O+. The van der Waals surface area contributed by atoms with Crippen molar-refractivity contribution in [1.82, 2.24) is 4.98 Å². The van der Waals surface area contributed by atoms with Crippen molar-refractivity contribution in [2.45, 2.75) is 45.4 Å². The van der Waals surface area contributed by atoms with Gasteiger partial charge in [-0.25, -0.2) is 8.96 Å².